The molecule has 2 heterocycles. The van der Waals surface area contributed by atoms with E-state index in [4.69, 9.17) is 20.2 Å². The summed E-state index contributed by atoms with van der Waals surface area (Å²) in [6, 6.07) is 16.8. The molecule has 0 radical (unpaired) electrons. The van der Waals surface area contributed by atoms with E-state index in [1.165, 1.54) is 22.5 Å². The Kier molecular flexibility index (Phi) is 9.35. The molecule has 36 heavy (non-hydrogen) atoms. The first kappa shape index (κ1) is 26.6. The molecule has 3 N–H and O–H groups in total. The number of ether oxygens (including phenoxy) is 3. The van der Waals surface area contributed by atoms with Gasteiger partial charge in [0.25, 0.3) is 0 Å². The van der Waals surface area contributed by atoms with Gasteiger partial charge in [-0.3, -0.25) is 4.90 Å². The molecular weight excluding hydrogens is 480 g/mol. The van der Waals surface area contributed by atoms with Crippen LogP contribution in [0.15, 0.2) is 63.3 Å². The zero-order valence-electron chi connectivity index (χ0n) is 20.6. The molecule has 194 valence electrons. The Balaban J connectivity index is 1.22. The molecule has 0 bridgehead atoms. The fraction of sp³-hybridized carbons (Fsp3) is 0.462. The average Bonchev–Trinajstić information content (AvgIpc) is 3.09. The van der Waals surface area contributed by atoms with Crippen LogP contribution in [0.5, 0.6) is 0 Å². The van der Waals surface area contributed by atoms with Gasteiger partial charge in [0.15, 0.2) is 5.54 Å². The molecule has 1 saturated heterocycles. The lowest BCUT2D eigenvalue weighted by Gasteiger charge is -2.36. The highest BCUT2D eigenvalue weighted by Crippen LogP contribution is 2.40. The van der Waals surface area contributed by atoms with E-state index in [2.05, 4.69) is 57.0 Å². The van der Waals surface area contributed by atoms with Gasteiger partial charge in [0.2, 0.25) is 0 Å². The van der Waals surface area contributed by atoms with E-state index in [1.807, 2.05) is 6.07 Å². The summed E-state index contributed by atoms with van der Waals surface area (Å²) in [5, 5.41) is 9.32. The molecule has 2 aromatic rings. The lowest BCUT2D eigenvalue weighted by molar-refractivity contribution is -0.151. The van der Waals surface area contributed by atoms with Crippen LogP contribution in [0.25, 0.3) is 0 Å². The van der Waals surface area contributed by atoms with Crippen LogP contribution in [0.3, 0.4) is 0 Å². The number of benzene rings is 2. The molecule has 0 aromatic heterocycles. The van der Waals surface area contributed by atoms with Crippen LogP contribution >= 0.6 is 11.8 Å². The van der Waals surface area contributed by atoms with Crippen LogP contribution in [0.1, 0.15) is 5.56 Å². The van der Waals surface area contributed by atoms with Gasteiger partial charge in [0.05, 0.1) is 45.8 Å². The number of hydrogen-bond donors (Lipinski definition) is 2. The minimum absolute atomic E-state index is 0.127. The number of aliphatic hydroxyl groups is 1. The topological polar surface area (TPSA) is 110 Å². The smallest absolute Gasteiger partial charge is 0.330 e. The third-order valence-corrected chi connectivity index (χ3v) is 7.41. The summed E-state index contributed by atoms with van der Waals surface area (Å²) in [6.45, 7) is 5.06. The molecule has 4 rings (SSSR count). The molecule has 1 unspecified atom stereocenters. The summed E-state index contributed by atoms with van der Waals surface area (Å²) >= 11 is 1.78. The zero-order chi connectivity index (χ0) is 25.4. The highest BCUT2D eigenvalue weighted by molar-refractivity contribution is 7.99. The van der Waals surface area contributed by atoms with Crippen molar-refractivity contribution in [2.45, 2.75) is 15.3 Å². The maximum Gasteiger partial charge on any atom is 0.330 e. The number of carbonyl (C=O) groups excluding carboxylic acids is 1. The Bertz CT molecular complexity index is 1060. The van der Waals surface area contributed by atoms with Crippen LogP contribution in [0.4, 0.5) is 5.69 Å². The number of rotatable bonds is 10. The van der Waals surface area contributed by atoms with Gasteiger partial charge in [-0.1, -0.05) is 42.1 Å². The van der Waals surface area contributed by atoms with E-state index in [1.54, 1.807) is 11.8 Å². The van der Waals surface area contributed by atoms with E-state index in [-0.39, 0.29) is 13.2 Å². The summed E-state index contributed by atoms with van der Waals surface area (Å²) in [7, 11) is 1.23. The van der Waals surface area contributed by atoms with E-state index < -0.39 is 18.1 Å². The van der Waals surface area contributed by atoms with Crippen molar-refractivity contribution in [3.05, 3.63) is 54.1 Å². The highest BCUT2D eigenvalue weighted by Gasteiger charge is 2.35. The summed E-state index contributed by atoms with van der Waals surface area (Å²) in [6.07, 6.45) is 0. The summed E-state index contributed by atoms with van der Waals surface area (Å²) in [4.78, 5) is 23.9. The number of methoxy groups -OCH3 is 1. The minimum Gasteiger partial charge on any atom is -0.468 e. The van der Waals surface area contributed by atoms with Gasteiger partial charge < -0.3 is 30.0 Å². The number of hydrogen-bond acceptors (Lipinski definition) is 10. The molecule has 10 heteroatoms. The van der Waals surface area contributed by atoms with Crippen molar-refractivity contribution < 1.29 is 24.1 Å². The second kappa shape index (κ2) is 12.7. The van der Waals surface area contributed by atoms with Gasteiger partial charge in [-0.05, 0) is 18.2 Å². The zero-order valence-corrected chi connectivity index (χ0v) is 21.4. The summed E-state index contributed by atoms with van der Waals surface area (Å²) in [5.41, 5.74) is 6.46. The molecule has 0 aliphatic carbocycles. The quantitative estimate of drug-likeness (QED) is 0.362. The highest BCUT2D eigenvalue weighted by atomic mass is 32.2. The van der Waals surface area contributed by atoms with E-state index in [0.717, 1.165) is 44.2 Å². The first-order valence-corrected chi connectivity index (χ1v) is 12.9. The monoisotopic (exact) mass is 514 g/mol. The normalized spacial score (nSPS) is 17.4. The molecule has 2 aliphatic rings. The van der Waals surface area contributed by atoms with E-state index >= 15 is 0 Å². The number of nitrogens with two attached hydrogens (primary N) is 1. The Hall–Kier alpha value is -2.47. The van der Waals surface area contributed by atoms with Gasteiger partial charge >= 0.3 is 5.97 Å². The molecule has 0 spiro atoms. The van der Waals surface area contributed by atoms with Crippen LogP contribution in [-0.2, 0) is 19.0 Å². The van der Waals surface area contributed by atoms with Gasteiger partial charge in [-0.15, -0.1) is 0 Å². The van der Waals surface area contributed by atoms with Gasteiger partial charge in [-0.2, -0.15) is 0 Å². The molecular formula is C26H34N4O5S. The van der Waals surface area contributed by atoms with Crippen molar-refractivity contribution in [3.8, 4) is 0 Å². The largest absolute Gasteiger partial charge is 0.468 e. The fourth-order valence-corrected chi connectivity index (χ4v) is 5.15. The Morgan fingerprint density at radius 2 is 1.72 bits per heavy atom. The molecule has 0 saturated carbocycles. The number of para-hydroxylation sites is 1. The van der Waals surface area contributed by atoms with Crippen molar-refractivity contribution in [3.63, 3.8) is 0 Å². The van der Waals surface area contributed by atoms with Crippen molar-refractivity contribution in [2.24, 2.45) is 10.7 Å². The maximum absolute atomic E-state index is 11.6. The number of piperazine rings is 1. The Labute approximate surface area is 216 Å². The first-order valence-electron chi connectivity index (χ1n) is 12.1. The third kappa shape index (κ3) is 6.44. The SMILES string of the molecule is COC(=O)C(N)(CO)COCCOCCN1CCN(C2=Nc3ccccc3Sc3ccccc32)CC1. The molecule has 2 aromatic carbocycles. The van der Waals surface area contributed by atoms with Crippen molar-refractivity contribution in [1.82, 2.24) is 9.80 Å². The van der Waals surface area contributed by atoms with Gasteiger partial charge in [0.1, 0.15) is 5.84 Å². The lowest BCUT2D eigenvalue weighted by Crippen LogP contribution is -2.55. The standard InChI is InChI=1S/C26H34N4O5S/c1-33-25(32)26(27,18-31)19-35-17-16-34-15-14-29-10-12-30(13-11-29)24-20-6-2-4-8-22(20)36-23-9-5-3-7-21(23)28-24/h2-9,31H,10-19,27H2,1H3. The maximum atomic E-state index is 11.6. The average molecular weight is 515 g/mol. The van der Waals surface area contributed by atoms with Crippen molar-refractivity contribution >= 4 is 29.3 Å². The van der Waals surface area contributed by atoms with Gasteiger partial charge in [0, 0.05) is 48.1 Å². The van der Waals surface area contributed by atoms with Crippen LogP contribution in [0.2, 0.25) is 0 Å². The molecule has 9 nitrogen and oxygen atoms in total. The van der Waals surface area contributed by atoms with Crippen LogP contribution in [0, 0.1) is 0 Å². The minimum atomic E-state index is -1.54. The number of fused-ring (bicyclic) bond motifs is 2. The predicted molar refractivity (Wildman–Crippen MR) is 139 cm³/mol. The lowest BCUT2D eigenvalue weighted by atomic mass is 10.0. The molecule has 1 atom stereocenters. The second-order valence-corrected chi connectivity index (χ2v) is 9.88. The van der Waals surface area contributed by atoms with E-state index in [9.17, 15) is 9.90 Å². The first-order chi connectivity index (χ1) is 17.5. The Morgan fingerprint density at radius 3 is 2.47 bits per heavy atom. The third-order valence-electron chi connectivity index (χ3n) is 6.27. The van der Waals surface area contributed by atoms with Crippen LogP contribution < -0.4 is 5.73 Å². The number of aliphatic hydroxyl groups excluding tert-OH is 1. The molecule has 0 amide bonds. The molecule has 2 aliphatic heterocycles. The number of aliphatic imine (C=N–C) groups is 1. The van der Waals surface area contributed by atoms with Crippen molar-refractivity contribution in [1.29, 1.82) is 0 Å². The van der Waals surface area contributed by atoms with Crippen molar-refractivity contribution in [2.75, 3.05) is 72.9 Å². The summed E-state index contributed by atoms with van der Waals surface area (Å²) in [5.74, 6) is 0.341. The number of carbonyl (C=O) groups is 1. The summed E-state index contributed by atoms with van der Waals surface area (Å²) < 4.78 is 15.7. The van der Waals surface area contributed by atoms with Crippen LogP contribution in [-0.4, -0.2) is 105 Å². The number of esters is 1. The predicted octanol–water partition coefficient (Wildman–Crippen LogP) is 1.74. The van der Waals surface area contributed by atoms with E-state index in [0.29, 0.717) is 13.2 Å². The number of nitrogens with zero attached hydrogens (tertiary/aromatic N) is 3. The molecule has 1 fully saturated rings. The number of amidine groups is 1. The van der Waals surface area contributed by atoms with Gasteiger partial charge in [-0.25, -0.2) is 9.79 Å². The second-order valence-electron chi connectivity index (χ2n) is 8.80. The fourth-order valence-electron chi connectivity index (χ4n) is 4.13. The Morgan fingerprint density at radius 1 is 1.03 bits per heavy atom.